The summed E-state index contributed by atoms with van der Waals surface area (Å²) in [7, 11) is 0. The summed E-state index contributed by atoms with van der Waals surface area (Å²) in [6, 6.07) is 1.36. The van der Waals surface area contributed by atoms with Crippen LogP contribution in [-0.4, -0.2) is 12.1 Å². The molecular weight excluding hydrogens is 158 g/mol. The predicted molar refractivity (Wildman–Crippen MR) is 61.0 cm³/mol. The van der Waals surface area contributed by atoms with Crippen LogP contribution in [0.4, 0.5) is 0 Å². The van der Waals surface area contributed by atoms with Crippen molar-refractivity contribution in [3.8, 4) is 0 Å². The third-order valence-electron chi connectivity index (χ3n) is 2.23. The van der Waals surface area contributed by atoms with Crippen LogP contribution in [0, 0.1) is 5.92 Å². The maximum Gasteiger partial charge on any atom is 0.00718 e. The van der Waals surface area contributed by atoms with E-state index in [4.69, 9.17) is 0 Å². The lowest BCUT2D eigenvalue weighted by Crippen LogP contribution is -2.35. The summed E-state index contributed by atoms with van der Waals surface area (Å²) in [5.41, 5.74) is 0. The molecule has 0 spiro atoms. The molecular formula is C12H27N. The van der Waals surface area contributed by atoms with Crippen LogP contribution in [0.2, 0.25) is 0 Å². The van der Waals surface area contributed by atoms with E-state index in [1.54, 1.807) is 0 Å². The number of unbranched alkanes of at least 4 members (excludes halogenated alkanes) is 1. The molecule has 1 nitrogen and oxygen atoms in total. The Kier molecular flexibility index (Phi) is 7.35. The maximum atomic E-state index is 3.65. The lowest BCUT2D eigenvalue weighted by Gasteiger charge is -2.22. The molecule has 0 saturated heterocycles. The van der Waals surface area contributed by atoms with Crippen LogP contribution in [0.25, 0.3) is 0 Å². The first-order chi connectivity index (χ1) is 6.06. The van der Waals surface area contributed by atoms with Gasteiger partial charge in [-0.3, -0.25) is 0 Å². The third kappa shape index (κ3) is 8.29. The van der Waals surface area contributed by atoms with Crippen LogP contribution >= 0.6 is 0 Å². The molecule has 0 aliphatic carbocycles. The molecule has 0 bridgehead atoms. The average molecular weight is 185 g/mol. The zero-order valence-electron chi connectivity index (χ0n) is 10.1. The van der Waals surface area contributed by atoms with Gasteiger partial charge in [0.05, 0.1) is 0 Å². The highest BCUT2D eigenvalue weighted by molar-refractivity contribution is 4.70. The van der Waals surface area contributed by atoms with Gasteiger partial charge < -0.3 is 5.32 Å². The van der Waals surface area contributed by atoms with Gasteiger partial charge >= 0.3 is 0 Å². The zero-order chi connectivity index (χ0) is 10.3. The average Bonchev–Trinajstić information content (AvgIpc) is 1.98. The topological polar surface area (TPSA) is 12.0 Å². The molecule has 0 amide bonds. The lowest BCUT2D eigenvalue weighted by atomic mass is 9.98. The Morgan fingerprint density at radius 3 is 2.08 bits per heavy atom. The lowest BCUT2D eigenvalue weighted by molar-refractivity contribution is 0.365. The van der Waals surface area contributed by atoms with Crippen LogP contribution in [0.5, 0.6) is 0 Å². The van der Waals surface area contributed by atoms with Gasteiger partial charge in [-0.2, -0.15) is 0 Å². The van der Waals surface area contributed by atoms with Crippen LogP contribution in [0.15, 0.2) is 0 Å². The molecule has 0 aliphatic heterocycles. The predicted octanol–water partition coefficient (Wildman–Crippen LogP) is 3.59. The monoisotopic (exact) mass is 185 g/mol. The van der Waals surface area contributed by atoms with E-state index in [2.05, 4.69) is 39.9 Å². The SMILES string of the molecule is CCCCC(CC(C)C)NC(C)C. The first kappa shape index (κ1) is 13.0. The van der Waals surface area contributed by atoms with Crippen molar-refractivity contribution in [2.45, 2.75) is 72.4 Å². The molecule has 1 N–H and O–H groups in total. The Morgan fingerprint density at radius 1 is 1.08 bits per heavy atom. The van der Waals surface area contributed by atoms with Gasteiger partial charge in [-0.05, 0) is 18.8 Å². The highest BCUT2D eigenvalue weighted by Crippen LogP contribution is 2.11. The maximum absolute atomic E-state index is 3.65. The van der Waals surface area contributed by atoms with Crippen molar-refractivity contribution in [2.75, 3.05) is 0 Å². The van der Waals surface area contributed by atoms with Gasteiger partial charge in [-0.15, -0.1) is 0 Å². The van der Waals surface area contributed by atoms with Crippen molar-refractivity contribution in [3.63, 3.8) is 0 Å². The van der Waals surface area contributed by atoms with Gasteiger partial charge in [-0.1, -0.05) is 47.5 Å². The molecule has 0 aliphatic rings. The van der Waals surface area contributed by atoms with E-state index in [1.807, 2.05) is 0 Å². The van der Waals surface area contributed by atoms with Crippen molar-refractivity contribution in [3.05, 3.63) is 0 Å². The minimum absolute atomic E-state index is 0.626. The zero-order valence-corrected chi connectivity index (χ0v) is 10.1. The van der Waals surface area contributed by atoms with Crippen LogP contribution in [0.3, 0.4) is 0 Å². The molecule has 0 fully saturated rings. The van der Waals surface area contributed by atoms with Gasteiger partial charge in [0.2, 0.25) is 0 Å². The van der Waals surface area contributed by atoms with Gasteiger partial charge in [-0.25, -0.2) is 0 Å². The van der Waals surface area contributed by atoms with Crippen molar-refractivity contribution < 1.29 is 0 Å². The second-order valence-electron chi connectivity index (χ2n) is 4.79. The van der Waals surface area contributed by atoms with E-state index in [0.717, 1.165) is 12.0 Å². The molecule has 0 radical (unpaired) electrons. The van der Waals surface area contributed by atoms with Crippen molar-refractivity contribution in [2.24, 2.45) is 5.92 Å². The van der Waals surface area contributed by atoms with Gasteiger partial charge in [0.1, 0.15) is 0 Å². The summed E-state index contributed by atoms with van der Waals surface area (Å²) in [6.07, 6.45) is 5.33. The Bertz CT molecular complexity index is 97.7. The smallest absolute Gasteiger partial charge is 0.00718 e. The van der Waals surface area contributed by atoms with E-state index in [0.29, 0.717) is 6.04 Å². The molecule has 0 aromatic carbocycles. The molecule has 80 valence electrons. The Labute approximate surface area is 84.3 Å². The fourth-order valence-corrected chi connectivity index (χ4v) is 1.76. The number of hydrogen-bond donors (Lipinski definition) is 1. The van der Waals surface area contributed by atoms with Crippen molar-refractivity contribution >= 4 is 0 Å². The summed E-state index contributed by atoms with van der Waals surface area (Å²) in [6.45, 7) is 11.3. The summed E-state index contributed by atoms with van der Waals surface area (Å²) in [5.74, 6) is 0.813. The molecule has 0 aromatic heterocycles. The van der Waals surface area contributed by atoms with Crippen molar-refractivity contribution in [1.29, 1.82) is 0 Å². The Morgan fingerprint density at radius 2 is 1.69 bits per heavy atom. The van der Waals surface area contributed by atoms with Crippen LogP contribution < -0.4 is 5.32 Å². The Hall–Kier alpha value is -0.0400. The number of hydrogen-bond acceptors (Lipinski definition) is 1. The van der Waals surface area contributed by atoms with Gasteiger partial charge in [0, 0.05) is 12.1 Å². The third-order valence-corrected chi connectivity index (χ3v) is 2.23. The normalized spacial score (nSPS) is 14.1. The summed E-state index contributed by atoms with van der Waals surface area (Å²) in [4.78, 5) is 0. The van der Waals surface area contributed by atoms with E-state index in [1.165, 1.54) is 25.7 Å². The van der Waals surface area contributed by atoms with Gasteiger partial charge in [0.25, 0.3) is 0 Å². The number of rotatable bonds is 7. The minimum atomic E-state index is 0.626. The fourth-order valence-electron chi connectivity index (χ4n) is 1.76. The largest absolute Gasteiger partial charge is 0.312 e. The molecule has 0 rings (SSSR count). The Balaban J connectivity index is 3.73. The van der Waals surface area contributed by atoms with Crippen LogP contribution in [-0.2, 0) is 0 Å². The molecule has 0 saturated carbocycles. The quantitative estimate of drug-likeness (QED) is 0.639. The second kappa shape index (κ2) is 7.37. The van der Waals surface area contributed by atoms with E-state index < -0.39 is 0 Å². The molecule has 0 aromatic rings. The first-order valence-corrected chi connectivity index (χ1v) is 5.82. The molecule has 1 atom stereocenters. The fraction of sp³-hybridized carbons (Fsp3) is 1.00. The molecule has 1 unspecified atom stereocenters. The molecule has 13 heavy (non-hydrogen) atoms. The summed E-state index contributed by atoms with van der Waals surface area (Å²) < 4.78 is 0. The van der Waals surface area contributed by atoms with Gasteiger partial charge in [0.15, 0.2) is 0 Å². The number of nitrogens with one attached hydrogen (secondary N) is 1. The summed E-state index contributed by atoms with van der Waals surface area (Å²) in [5, 5.41) is 3.65. The standard InChI is InChI=1S/C12H27N/c1-6-7-8-12(9-10(2)3)13-11(4)5/h10-13H,6-9H2,1-5H3. The molecule has 0 heterocycles. The van der Waals surface area contributed by atoms with E-state index in [9.17, 15) is 0 Å². The highest BCUT2D eigenvalue weighted by atomic mass is 14.9. The van der Waals surface area contributed by atoms with Crippen molar-refractivity contribution in [1.82, 2.24) is 5.32 Å². The first-order valence-electron chi connectivity index (χ1n) is 5.82. The second-order valence-corrected chi connectivity index (χ2v) is 4.79. The summed E-state index contributed by atoms with van der Waals surface area (Å²) >= 11 is 0. The van der Waals surface area contributed by atoms with E-state index >= 15 is 0 Å². The molecule has 1 heteroatoms. The minimum Gasteiger partial charge on any atom is -0.312 e. The highest BCUT2D eigenvalue weighted by Gasteiger charge is 2.10. The van der Waals surface area contributed by atoms with Crippen LogP contribution in [0.1, 0.15) is 60.3 Å². The van der Waals surface area contributed by atoms with E-state index in [-0.39, 0.29) is 0 Å².